The molecule has 1 aliphatic rings. The Morgan fingerprint density at radius 2 is 2.11 bits per heavy atom. The fraction of sp³-hybridized carbons (Fsp3) is 0.538. The van der Waals surface area contributed by atoms with Gasteiger partial charge in [0.25, 0.3) is 0 Å². The van der Waals surface area contributed by atoms with E-state index in [1.54, 1.807) is 4.31 Å². The molecule has 1 saturated heterocycles. The number of para-hydroxylation sites is 1. The minimum atomic E-state index is -2.99. The van der Waals surface area contributed by atoms with Crippen LogP contribution in [0, 0.1) is 0 Å². The topological polar surface area (TPSA) is 72.6 Å². The zero-order valence-corrected chi connectivity index (χ0v) is 11.7. The summed E-state index contributed by atoms with van der Waals surface area (Å²) in [6, 6.07) is 7.64. The van der Waals surface area contributed by atoms with Crippen molar-refractivity contribution in [3.05, 3.63) is 29.8 Å². The van der Waals surface area contributed by atoms with E-state index in [1.165, 1.54) is 0 Å². The summed E-state index contributed by atoms with van der Waals surface area (Å²) in [4.78, 5) is 0. The van der Waals surface area contributed by atoms with Crippen LogP contribution >= 0.6 is 0 Å². The molecule has 0 aliphatic carbocycles. The highest BCUT2D eigenvalue weighted by atomic mass is 32.2. The lowest BCUT2D eigenvalue weighted by Gasteiger charge is -2.15. The standard InChI is InChI=1S/C13H20N2O3S/c14-11-12-5-1-2-6-13(12)18-9-3-7-15-8-4-10-19(15,16)17/h1-2,5-6H,3-4,7-11,14H2. The maximum Gasteiger partial charge on any atom is 0.214 e. The third kappa shape index (κ3) is 3.68. The molecule has 0 spiro atoms. The van der Waals surface area contributed by atoms with E-state index in [2.05, 4.69) is 0 Å². The molecule has 6 heteroatoms. The van der Waals surface area contributed by atoms with Crippen molar-refractivity contribution in [3.63, 3.8) is 0 Å². The van der Waals surface area contributed by atoms with Gasteiger partial charge in [0.15, 0.2) is 0 Å². The second-order valence-electron chi connectivity index (χ2n) is 4.58. The molecule has 0 bridgehead atoms. The smallest absolute Gasteiger partial charge is 0.214 e. The van der Waals surface area contributed by atoms with Crippen LogP contribution in [0.3, 0.4) is 0 Å². The number of sulfonamides is 1. The van der Waals surface area contributed by atoms with Crippen LogP contribution in [-0.2, 0) is 16.6 Å². The Hall–Kier alpha value is -1.11. The summed E-state index contributed by atoms with van der Waals surface area (Å²) in [6.07, 6.45) is 1.43. The van der Waals surface area contributed by atoms with Gasteiger partial charge in [0.05, 0.1) is 12.4 Å². The summed E-state index contributed by atoms with van der Waals surface area (Å²) in [5.74, 6) is 1.07. The number of hydrogen-bond acceptors (Lipinski definition) is 4. The van der Waals surface area contributed by atoms with Crippen molar-refractivity contribution in [3.8, 4) is 5.75 Å². The lowest BCUT2D eigenvalue weighted by molar-refractivity contribution is 0.290. The quantitative estimate of drug-likeness (QED) is 0.789. The zero-order valence-electron chi connectivity index (χ0n) is 10.9. The van der Waals surface area contributed by atoms with Crippen LogP contribution in [0.5, 0.6) is 5.75 Å². The zero-order chi connectivity index (χ0) is 13.7. The second kappa shape index (κ2) is 6.36. The maximum absolute atomic E-state index is 11.6. The molecule has 1 aliphatic heterocycles. The van der Waals surface area contributed by atoms with Gasteiger partial charge >= 0.3 is 0 Å². The van der Waals surface area contributed by atoms with Crippen LogP contribution in [-0.4, -0.2) is 38.2 Å². The molecule has 1 fully saturated rings. The van der Waals surface area contributed by atoms with Crippen molar-refractivity contribution >= 4 is 10.0 Å². The average Bonchev–Trinajstić information content (AvgIpc) is 2.74. The van der Waals surface area contributed by atoms with Crippen molar-refractivity contribution in [2.75, 3.05) is 25.4 Å². The van der Waals surface area contributed by atoms with Crippen LogP contribution in [0.2, 0.25) is 0 Å². The molecule has 106 valence electrons. The molecule has 1 heterocycles. The first-order chi connectivity index (χ1) is 9.13. The predicted octanol–water partition coefficient (Wildman–Crippen LogP) is 0.950. The van der Waals surface area contributed by atoms with E-state index in [0.29, 0.717) is 32.7 Å². The molecule has 2 N–H and O–H groups in total. The summed E-state index contributed by atoms with van der Waals surface area (Å²) in [5.41, 5.74) is 6.59. The van der Waals surface area contributed by atoms with Crippen LogP contribution in [0.15, 0.2) is 24.3 Å². The van der Waals surface area contributed by atoms with Gasteiger partial charge in [-0.2, -0.15) is 0 Å². The first-order valence-electron chi connectivity index (χ1n) is 6.52. The molecular weight excluding hydrogens is 264 g/mol. The van der Waals surface area contributed by atoms with Gasteiger partial charge in [-0.3, -0.25) is 0 Å². The molecule has 0 saturated carbocycles. The Labute approximate surface area is 114 Å². The molecule has 0 radical (unpaired) electrons. The van der Waals surface area contributed by atoms with E-state index in [9.17, 15) is 8.42 Å². The summed E-state index contributed by atoms with van der Waals surface area (Å²) < 4.78 is 30.4. The van der Waals surface area contributed by atoms with E-state index in [-0.39, 0.29) is 5.75 Å². The van der Waals surface area contributed by atoms with Gasteiger partial charge in [-0.1, -0.05) is 18.2 Å². The summed E-state index contributed by atoms with van der Waals surface area (Å²) in [6.45, 7) is 2.12. The second-order valence-corrected chi connectivity index (χ2v) is 6.67. The fourth-order valence-electron chi connectivity index (χ4n) is 2.18. The molecule has 5 nitrogen and oxygen atoms in total. The Balaban J connectivity index is 1.78. The van der Waals surface area contributed by atoms with E-state index in [1.807, 2.05) is 24.3 Å². The maximum atomic E-state index is 11.6. The highest BCUT2D eigenvalue weighted by Crippen LogP contribution is 2.18. The predicted molar refractivity (Wildman–Crippen MR) is 74.4 cm³/mol. The van der Waals surface area contributed by atoms with Crippen molar-refractivity contribution in [2.24, 2.45) is 5.73 Å². The van der Waals surface area contributed by atoms with Gasteiger partial charge in [0.2, 0.25) is 10.0 Å². The lowest BCUT2D eigenvalue weighted by Crippen LogP contribution is -2.27. The van der Waals surface area contributed by atoms with Gasteiger partial charge in [-0.05, 0) is 18.9 Å². The minimum Gasteiger partial charge on any atom is -0.493 e. The summed E-state index contributed by atoms with van der Waals surface area (Å²) >= 11 is 0. The van der Waals surface area contributed by atoms with Gasteiger partial charge in [-0.25, -0.2) is 12.7 Å². The molecule has 1 aromatic carbocycles. The Morgan fingerprint density at radius 3 is 2.79 bits per heavy atom. The molecule has 0 amide bonds. The Morgan fingerprint density at radius 1 is 1.32 bits per heavy atom. The first-order valence-corrected chi connectivity index (χ1v) is 8.13. The van der Waals surface area contributed by atoms with Crippen molar-refractivity contribution in [1.82, 2.24) is 4.31 Å². The van der Waals surface area contributed by atoms with E-state index in [4.69, 9.17) is 10.5 Å². The number of nitrogens with two attached hydrogens (primary N) is 1. The van der Waals surface area contributed by atoms with E-state index < -0.39 is 10.0 Å². The third-order valence-electron chi connectivity index (χ3n) is 3.21. The Bertz CT molecular complexity index is 516. The molecule has 2 rings (SSSR count). The molecule has 19 heavy (non-hydrogen) atoms. The molecule has 0 unspecified atom stereocenters. The Kier molecular flexibility index (Phi) is 4.79. The van der Waals surface area contributed by atoms with Crippen LogP contribution < -0.4 is 10.5 Å². The SMILES string of the molecule is NCc1ccccc1OCCCN1CCCS1(=O)=O. The number of rotatable bonds is 6. The highest BCUT2D eigenvalue weighted by Gasteiger charge is 2.27. The molecule has 0 atom stereocenters. The largest absolute Gasteiger partial charge is 0.493 e. The minimum absolute atomic E-state index is 0.282. The van der Waals surface area contributed by atoms with Gasteiger partial charge in [0, 0.05) is 25.2 Å². The highest BCUT2D eigenvalue weighted by molar-refractivity contribution is 7.89. The van der Waals surface area contributed by atoms with Crippen molar-refractivity contribution in [2.45, 2.75) is 19.4 Å². The van der Waals surface area contributed by atoms with Crippen molar-refractivity contribution < 1.29 is 13.2 Å². The first kappa shape index (κ1) is 14.3. The normalized spacial score (nSPS) is 18.6. The average molecular weight is 284 g/mol. The van der Waals surface area contributed by atoms with Crippen molar-refractivity contribution in [1.29, 1.82) is 0 Å². The third-order valence-corrected chi connectivity index (χ3v) is 5.16. The lowest BCUT2D eigenvalue weighted by atomic mass is 10.2. The molecular formula is C13H20N2O3S. The summed E-state index contributed by atoms with van der Waals surface area (Å²) in [7, 11) is -2.99. The molecule has 1 aromatic rings. The van der Waals surface area contributed by atoms with Gasteiger partial charge < -0.3 is 10.5 Å². The number of ether oxygens (including phenoxy) is 1. The van der Waals surface area contributed by atoms with Crippen LogP contribution in [0.25, 0.3) is 0 Å². The van der Waals surface area contributed by atoms with E-state index in [0.717, 1.165) is 17.7 Å². The van der Waals surface area contributed by atoms with Gasteiger partial charge in [0.1, 0.15) is 5.75 Å². The molecule has 0 aromatic heterocycles. The van der Waals surface area contributed by atoms with E-state index >= 15 is 0 Å². The summed E-state index contributed by atoms with van der Waals surface area (Å²) in [5, 5.41) is 0. The number of nitrogens with zero attached hydrogens (tertiary/aromatic N) is 1. The van der Waals surface area contributed by atoms with Crippen LogP contribution in [0.1, 0.15) is 18.4 Å². The van der Waals surface area contributed by atoms with Gasteiger partial charge in [-0.15, -0.1) is 0 Å². The van der Waals surface area contributed by atoms with Crippen LogP contribution in [0.4, 0.5) is 0 Å². The monoisotopic (exact) mass is 284 g/mol. The number of benzene rings is 1. The number of hydrogen-bond donors (Lipinski definition) is 1. The fourth-order valence-corrected chi connectivity index (χ4v) is 3.75.